The molecule has 1 N–H and O–H groups in total. The summed E-state index contributed by atoms with van der Waals surface area (Å²) in [6, 6.07) is 0.946. The van der Waals surface area contributed by atoms with Crippen molar-refractivity contribution in [2.75, 3.05) is 7.05 Å². The molecule has 0 bridgehead atoms. The summed E-state index contributed by atoms with van der Waals surface area (Å²) in [5.74, 6) is 0. The van der Waals surface area contributed by atoms with Crippen molar-refractivity contribution in [2.24, 2.45) is 0 Å². The zero-order valence-corrected chi connectivity index (χ0v) is 8.45. The summed E-state index contributed by atoms with van der Waals surface area (Å²) in [5, 5.41) is 9.75. The van der Waals surface area contributed by atoms with E-state index in [2.05, 4.69) is 25.8 Å². The third kappa shape index (κ3) is 2.20. The first-order valence-electron chi connectivity index (χ1n) is 5.03. The monoisotopic (exact) mass is 171 g/mol. The second-order valence-electron chi connectivity index (χ2n) is 4.18. The minimum Gasteiger partial charge on any atom is -0.391 e. The van der Waals surface area contributed by atoms with Crippen molar-refractivity contribution in [2.45, 2.75) is 57.7 Å². The molecule has 0 aromatic heterocycles. The predicted octanol–water partition coefficient (Wildman–Crippen LogP) is 1.63. The number of nitrogens with zero attached hydrogens (tertiary/aromatic N) is 1. The Morgan fingerprint density at radius 2 is 1.83 bits per heavy atom. The molecular weight excluding hydrogens is 150 g/mol. The summed E-state index contributed by atoms with van der Waals surface area (Å²) in [5.41, 5.74) is 0. The lowest BCUT2D eigenvalue weighted by Crippen LogP contribution is -2.46. The highest BCUT2D eigenvalue weighted by molar-refractivity contribution is 4.82. The van der Waals surface area contributed by atoms with Gasteiger partial charge in [0, 0.05) is 12.1 Å². The molecule has 2 atom stereocenters. The molecule has 1 aliphatic rings. The van der Waals surface area contributed by atoms with Gasteiger partial charge in [0.25, 0.3) is 0 Å². The zero-order chi connectivity index (χ0) is 9.14. The van der Waals surface area contributed by atoms with Crippen molar-refractivity contribution in [3.63, 3.8) is 0 Å². The summed E-state index contributed by atoms with van der Waals surface area (Å²) >= 11 is 0. The minimum absolute atomic E-state index is 0.0915. The maximum atomic E-state index is 9.75. The molecule has 0 radical (unpaired) electrons. The Bertz CT molecular complexity index is 136. The Morgan fingerprint density at radius 3 is 2.33 bits per heavy atom. The Balaban J connectivity index is 2.47. The number of hydrogen-bond donors (Lipinski definition) is 1. The summed E-state index contributed by atoms with van der Waals surface area (Å²) in [6.45, 7) is 4.36. The normalized spacial score (nSPS) is 31.5. The molecule has 0 heterocycles. The van der Waals surface area contributed by atoms with E-state index < -0.39 is 0 Å². The average molecular weight is 171 g/mol. The second kappa shape index (κ2) is 4.24. The first-order valence-corrected chi connectivity index (χ1v) is 5.03. The standard InChI is InChI=1S/C10H21NO/c1-8(2)11(3)9-6-4-5-7-10(9)12/h8-10,12H,4-7H2,1-3H3/t9-,10-/m1/s1. The van der Waals surface area contributed by atoms with Crippen LogP contribution in [0.3, 0.4) is 0 Å². The smallest absolute Gasteiger partial charge is 0.0695 e. The molecule has 1 saturated carbocycles. The van der Waals surface area contributed by atoms with Gasteiger partial charge in [-0.1, -0.05) is 12.8 Å². The van der Waals surface area contributed by atoms with E-state index in [1.807, 2.05) is 0 Å². The molecule has 0 saturated heterocycles. The van der Waals surface area contributed by atoms with Crippen molar-refractivity contribution in [1.29, 1.82) is 0 Å². The highest BCUT2D eigenvalue weighted by atomic mass is 16.3. The summed E-state index contributed by atoms with van der Waals surface area (Å²) in [6.07, 6.45) is 4.53. The maximum absolute atomic E-state index is 9.75. The van der Waals surface area contributed by atoms with E-state index in [-0.39, 0.29) is 6.10 Å². The van der Waals surface area contributed by atoms with Gasteiger partial charge in [-0.3, -0.25) is 4.90 Å². The number of rotatable bonds is 2. The Kier molecular flexibility index (Phi) is 3.53. The van der Waals surface area contributed by atoms with E-state index in [1.54, 1.807) is 0 Å². The Labute approximate surface area is 75.6 Å². The van der Waals surface area contributed by atoms with Crippen molar-refractivity contribution >= 4 is 0 Å². The number of hydrogen-bond acceptors (Lipinski definition) is 2. The van der Waals surface area contributed by atoms with Crippen molar-refractivity contribution in [3.05, 3.63) is 0 Å². The number of likely N-dealkylation sites (N-methyl/N-ethyl adjacent to an activating group) is 1. The van der Waals surface area contributed by atoms with Crippen molar-refractivity contribution in [1.82, 2.24) is 4.90 Å². The number of aliphatic hydroxyl groups is 1. The van der Waals surface area contributed by atoms with Crippen LogP contribution in [0.2, 0.25) is 0 Å². The first kappa shape index (κ1) is 10.0. The van der Waals surface area contributed by atoms with Gasteiger partial charge in [-0.05, 0) is 33.7 Å². The molecule has 1 aliphatic carbocycles. The molecular formula is C10H21NO. The van der Waals surface area contributed by atoms with Crippen LogP contribution < -0.4 is 0 Å². The molecule has 12 heavy (non-hydrogen) atoms. The van der Waals surface area contributed by atoms with E-state index in [1.165, 1.54) is 12.8 Å². The Hall–Kier alpha value is -0.0800. The average Bonchev–Trinajstić information content (AvgIpc) is 2.04. The van der Waals surface area contributed by atoms with Gasteiger partial charge in [0.1, 0.15) is 0 Å². The highest BCUT2D eigenvalue weighted by Crippen LogP contribution is 2.23. The lowest BCUT2D eigenvalue weighted by Gasteiger charge is -2.37. The third-order valence-corrected chi connectivity index (χ3v) is 3.03. The molecule has 0 aromatic rings. The molecule has 1 rings (SSSR count). The van der Waals surface area contributed by atoms with E-state index in [0.717, 1.165) is 12.8 Å². The quantitative estimate of drug-likeness (QED) is 0.682. The lowest BCUT2D eigenvalue weighted by molar-refractivity contribution is 0.0192. The fourth-order valence-corrected chi connectivity index (χ4v) is 1.95. The molecule has 2 heteroatoms. The molecule has 2 nitrogen and oxygen atoms in total. The van der Waals surface area contributed by atoms with Crippen LogP contribution in [0.5, 0.6) is 0 Å². The lowest BCUT2D eigenvalue weighted by atomic mass is 9.91. The molecule has 1 fully saturated rings. The van der Waals surface area contributed by atoms with Gasteiger partial charge < -0.3 is 5.11 Å². The summed E-state index contributed by atoms with van der Waals surface area (Å²) in [4.78, 5) is 2.30. The second-order valence-corrected chi connectivity index (χ2v) is 4.18. The van der Waals surface area contributed by atoms with Gasteiger partial charge in [-0.25, -0.2) is 0 Å². The largest absolute Gasteiger partial charge is 0.391 e. The van der Waals surface area contributed by atoms with Crippen LogP contribution in [-0.2, 0) is 0 Å². The molecule has 0 spiro atoms. The maximum Gasteiger partial charge on any atom is 0.0695 e. The molecule has 0 amide bonds. The molecule has 0 aliphatic heterocycles. The van der Waals surface area contributed by atoms with Gasteiger partial charge in [0.05, 0.1) is 6.10 Å². The van der Waals surface area contributed by atoms with Gasteiger partial charge in [0.2, 0.25) is 0 Å². The van der Waals surface area contributed by atoms with Gasteiger partial charge >= 0.3 is 0 Å². The van der Waals surface area contributed by atoms with Crippen molar-refractivity contribution in [3.8, 4) is 0 Å². The van der Waals surface area contributed by atoms with Crippen LogP contribution in [0.4, 0.5) is 0 Å². The Morgan fingerprint density at radius 1 is 1.25 bits per heavy atom. The minimum atomic E-state index is -0.0915. The van der Waals surface area contributed by atoms with E-state index in [4.69, 9.17) is 0 Å². The summed E-state index contributed by atoms with van der Waals surface area (Å²) < 4.78 is 0. The first-order chi connectivity index (χ1) is 5.63. The molecule has 0 unspecified atom stereocenters. The van der Waals surface area contributed by atoms with Crippen LogP contribution in [0, 0.1) is 0 Å². The predicted molar refractivity (Wildman–Crippen MR) is 51.2 cm³/mol. The van der Waals surface area contributed by atoms with Crippen LogP contribution in [-0.4, -0.2) is 35.2 Å². The highest BCUT2D eigenvalue weighted by Gasteiger charge is 2.27. The molecule has 72 valence electrons. The zero-order valence-electron chi connectivity index (χ0n) is 8.45. The van der Waals surface area contributed by atoms with Crippen molar-refractivity contribution < 1.29 is 5.11 Å². The van der Waals surface area contributed by atoms with E-state index in [9.17, 15) is 5.11 Å². The topological polar surface area (TPSA) is 23.5 Å². The van der Waals surface area contributed by atoms with Crippen LogP contribution in [0.15, 0.2) is 0 Å². The van der Waals surface area contributed by atoms with Gasteiger partial charge in [0.15, 0.2) is 0 Å². The molecule has 0 aromatic carbocycles. The van der Waals surface area contributed by atoms with Crippen LogP contribution >= 0.6 is 0 Å². The van der Waals surface area contributed by atoms with Gasteiger partial charge in [-0.15, -0.1) is 0 Å². The fraction of sp³-hybridized carbons (Fsp3) is 1.00. The SMILES string of the molecule is CC(C)N(C)[C@@H]1CCCC[C@H]1O. The van der Waals surface area contributed by atoms with Gasteiger partial charge in [-0.2, -0.15) is 0 Å². The fourth-order valence-electron chi connectivity index (χ4n) is 1.95. The summed E-state index contributed by atoms with van der Waals surface area (Å²) in [7, 11) is 2.11. The van der Waals surface area contributed by atoms with Crippen LogP contribution in [0.1, 0.15) is 39.5 Å². The van der Waals surface area contributed by atoms with E-state index >= 15 is 0 Å². The third-order valence-electron chi connectivity index (χ3n) is 3.03. The number of aliphatic hydroxyl groups excluding tert-OH is 1. The van der Waals surface area contributed by atoms with Crippen LogP contribution in [0.25, 0.3) is 0 Å². The van der Waals surface area contributed by atoms with E-state index in [0.29, 0.717) is 12.1 Å².